The normalized spacial score (nSPS) is 13.0. The Morgan fingerprint density at radius 2 is 1.73 bits per heavy atom. The van der Waals surface area contributed by atoms with E-state index in [9.17, 15) is 9.59 Å². The van der Waals surface area contributed by atoms with Crippen molar-refractivity contribution < 1.29 is 14.3 Å². The molecular weight excluding hydrogens is 352 g/mol. The SMILES string of the molecule is CC(=O)[C@@H](Cc1ccc(Cl)cc1)NC(=O)[C@@H](N)COCc1ccccc1. The average Bonchev–Trinajstić information content (AvgIpc) is 2.63. The maximum absolute atomic E-state index is 12.3. The van der Waals surface area contributed by atoms with E-state index in [4.69, 9.17) is 22.1 Å². The van der Waals surface area contributed by atoms with Gasteiger partial charge < -0.3 is 15.8 Å². The second-order valence-corrected chi connectivity index (χ2v) is 6.55. The fourth-order valence-corrected chi connectivity index (χ4v) is 2.51. The molecule has 0 radical (unpaired) electrons. The molecule has 0 spiro atoms. The molecule has 0 aliphatic carbocycles. The smallest absolute Gasteiger partial charge is 0.239 e. The van der Waals surface area contributed by atoms with Crippen molar-refractivity contribution in [3.8, 4) is 0 Å². The molecule has 0 bridgehead atoms. The molecule has 0 aromatic heterocycles. The van der Waals surface area contributed by atoms with Gasteiger partial charge in [-0.1, -0.05) is 54.1 Å². The van der Waals surface area contributed by atoms with Crippen molar-refractivity contribution in [3.05, 3.63) is 70.7 Å². The molecular formula is C20H23ClN2O3. The highest BCUT2D eigenvalue weighted by Gasteiger charge is 2.21. The Kier molecular flexibility index (Phi) is 7.78. The molecule has 0 saturated heterocycles. The van der Waals surface area contributed by atoms with Crippen molar-refractivity contribution in [1.82, 2.24) is 5.32 Å². The molecule has 26 heavy (non-hydrogen) atoms. The molecule has 0 fully saturated rings. The molecule has 0 aliphatic heterocycles. The van der Waals surface area contributed by atoms with Gasteiger partial charge in [-0.15, -0.1) is 0 Å². The van der Waals surface area contributed by atoms with Gasteiger partial charge in [0, 0.05) is 5.02 Å². The van der Waals surface area contributed by atoms with E-state index >= 15 is 0 Å². The number of ether oxygens (including phenoxy) is 1. The number of rotatable bonds is 9. The third-order valence-electron chi connectivity index (χ3n) is 3.91. The fourth-order valence-electron chi connectivity index (χ4n) is 2.39. The summed E-state index contributed by atoms with van der Waals surface area (Å²) in [5, 5.41) is 3.32. The predicted molar refractivity (Wildman–Crippen MR) is 102 cm³/mol. The van der Waals surface area contributed by atoms with Gasteiger partial charge in [-0.3, -0.25) is 9.59 Å². The van der Waals surface area contributed by atoms with Gasteiger partial charge in [0.1, 0.15) is 6.04 Å². The standard InChI is InChI=1S/C20H23ClN2O3/c1-14(24)19(11-15-7-9-17(21)10-8-15)23-20(25)18(22)13-26-12-16-5-3-2-4-6-16/h2-10,18-19H,11-13,22H2,1H3,(H,23,25)/t18-,19+/m0/s1. The Labute approximate surface area is 158 Å². The van der Waals surface area contributed by atoms with Crippen LogP contribution in [-0.4, -0.2) is 30.4 Å². The van der Waals surface area contributed by atoms with E-state index in [1.54, 1.807) is 12.1 Å². The van der Waals surface area contributed by atoms with Crippen molar-refractivity contribution in [2.75, 3.05) is 6.61 Å². The van der Waals surface area contributed by atoms with Gasteiger partial charge in [-0.25, -0.2) is 0 Å². The third-order valence-corrected chi connectivity index (χ3v) is 4.16. The molecule has 0 saturated carbocycles. The summed E-state index contributed by atoms with van der Waals surface area (Å²) in [6.07, 6.45) is 0.385. The summed E-state index contributed by atoms with van der Waals surface area (Å²) in [7, 11) is 0. The first-order chi connectivity index (χ1) is 12.5. The lowest BCUT2D eigenvalue weighted by atomic mass is 10.0. The van der Waals surface area contributed by atoms with Crippen LogP contribution in [0, 0.1) is 0 Å². The summed E-state index contributed by atoms with van der Waals surface area (Å²) in [6.45, 7) is 1.90. The van der Waals surface area contributed by atoms with Crippen molar-refractivity contribution in [2.45, 2.75) is 32.0 Å². The zero-order valence-electron chi connectivity index (χ0n) is 14.7. The molecule has 2 aromatic carbocycles. The number of benzene rings is 2. The van der Waals surface area contributed by atoms with E-state index in [1.807, 2.05) is 42.5 Å². The number of carbonyl (C=O) groups is 2. The second kappa shape index (κ2) is 10.1. The maximum atomic E-state index is 12.3. The van der Waals surface area contributed by atoms with Crippen LogP contribution in [0.5, 0.6) is 0 Å². The highest BCUT2D eigenvalue weighted by atomic mass is 35.5. The number of halogens is 1. The molecule has 2 aromatic rings. The molecule has 1 amide bonds. The molecule has 3 N–H and O–H groups in total. The van der Waals surface area contributed by atoms with Gasteiger partial charge in [-0.05, 0) is 36.6 Å². The van der Waals surface area contributed by atoms with Crippen molar-refractivity contribution in [1.29, 1.82) is 0 Å². The largest absolute Gasteiger partial charge is 0.375 e. The van der Waals surface area contributed by atoms with Crippen LogP contribution < -0.4 is 11.1 Å². The lowest BCUT2D eigenvalue weighted by molar-refractivity contribution is -0.128. The summed E-state index contributed by atoms with van der Waals surface area (Å²) in [5.74, 6) is -0.544. The van der Waals surface area contributed by atoms with Gasteiger partial charge in [0.05, 0.1) is 19.3 Å². The summed E-state index contributed by atoms with van der Waals surface area (Å²) >= 11 is 5.86. The monoisotopic (exact) mass is 374 g/mol. The molecule has 0 aliphatic rings. The van der Waals surface area contributed by atoms with Gasteiger partial charge in [0.25, 0.3) is 0 Å². The molecule has 0 unspecified atom stereocenters. The van der Waals surface area contributed by atoms with E-state index < -0.39 is 18.0 Å². The first-order valence-electron chi connectivity index (χ1n) is 8.38. The summed E-state index contributed by atoms with van der Waals surface area (Å²) < 4.78 is 5.49. The van der Waals surface area contributed by atoms with E-state index in [2.05, 4.69) is 5.32 Å². The number of carbonyl (C=O) groups excluding carboxylic acids is 2. The molecule has 138 valence electrons. The molecule has 0 heterocycles. The van der Waals surface area contributed by atoms with E-state index in [0.717, 1.165) is 11.1 Å². The molecule has 2 rings (SSSR count). The summed E-state index contributed by atoms with van der Waals surface area (Å²) in [5.41, 5.74) is 7.79. The minimum atomic E-state index is -0.842. The highest BCUT2D eigenvalue weighted by molar-refractivity contribution is 6.30. The van der Waals surface area contributed by atoms with Crippen LogP contribution >= 0.6 is 11.6 Å². The Bertz CT molecular complexity index is 720. The summed E-state index contributed by atoms with van der Waals surface area (Å²) in [6, 6.07) is 15.3. The molecule has 5 nitrogen and oxygen atoms in total. The van der Waals surface area contributed by atoms with Gasteiger partial charge in [-0.2, -0.15) is 0 Å². The topological polar surface area (TPSA) is 81.4 Å². The Hall–Kier alpha value is -2.21. The number of Topliss-reactive ketones (excluding diaryl/α,β-unsaturated/α-hetero) is 1. The molecule has 6 heteroatoms. The number of nitrogens with one attached hydrogen (secondary N) is 1. The number of hydrogen-bond acceptors (Lipinski definition) is 4. The Morgan fingerprint density at radius 3 is 2.35 bits per heavy atom. The maximum Gasteiger partial charge on any atom is 0.239 e. The fraction of sp³-hybridized carbons (Fsp3) is 0.300. The van der Waals surface area contributed by atoms with Crippen LogP contribution in [0.1, 0.15) is 18.1 Å². The summed E-state index contributed by atoms with van der Waals surface area (Å²) in [4.78, 5) is 24.1. The van der Waals surface area contributed by atoms with E-state index in [0.29, 0.717) is 18.1 Å². The predicted octanol–water partition coefficient (Wildman–Crippen LogP) is 2.50. The quantitative estimate of drug-likeness (QED) is 0.706. The van der Waals surface area contributed by atoms with Gasteiger partial charge in [0.15, 0.2) is 5.78 Å². The average molecular weight is 375 g/mol. The second-order valence-electron chi connectivity index (χ2n) is 6.11. The van der Waals surface area contributed by atoms with Crippen LogP contribution in [-0.2, 0) is 27.4 Å². The lowest BCUT2D eigenvalue weighted by Crippen LogP contribution is -2.50. The third kappa shape index (κ3) is 6.59. The van der Waals surface area contributed by atoms with Crippen molar-refractivity contribution in [2.24, 2.45) is 5.73 Å². The number of ketones is 1. The number of nitrogens with two attached hydrogens (primary N) is 1. The lowest BCUT2D eigenvalue weighted by Gasteiger charge is -2.19. The van der Waals surface area contributed by atoms with Crippen LogP contribution in [0.15, 0.2) is 54.6 Å². The minimum Gasteiger partial charge on any atom is -0.375 e. The number of hydrogen-bond donors (Lipinski definition) is 2. The molecule has 2 atom stereocenters. The Morgan fingerprint density at radius 1 is 1.08 bits per heavy atom. The van der Waals surface area contributed by atoms with Gasteiger partial charge in [0.2, 0.25) is 5.91 Å². The Balaban J connectivity index is 1.83. The zero-order valence-corrected chi connectivity index (χ0v) is 15.4. The highest BCUT2D eigenvalue weighted by Crippen LogP contribution is 2.11. The first kappa shape index (κ1) is 20.1. The zero-order chi connectivity index (χ0) is 18.9. The first-order valence-corrected chi connectivity index (χ1v) is 8.76. The van der Waals surface area contributed by atoms with Crippen LogP contribution in [0.2, 0.25) is 5.02 Å². The number of amides is 1. The van der Waals surface area contributed by atoms with Crippen molar-refractivity contribution >= 4 is 23.3 Å². The minimum absolute atomic E-state index is 0.0757. The van der Waals surface area contributed by atoms with Gasteiger partial charge >= 0.3 is 0 Å². The van der Waals surface area contributed by atoms with Crippen LogP contribution in [0.3, 0.4) is 0 Å². The van der Waals surface area contributed by atoms with E-state index in [-0.39, 0.29) is 12.4 Å². The van der Waals surface area contributed by atoms with Crippen LogP contribution in [0.25, 0.3) is 0 Å². The van der Waals surface area contributed by atoms with E-state index in [1.165, 1.54) is 6.92 Å². The van der Waals surface area contributed by atoms with Crippen molar-refractivity contribution in [3.63, 3.8) is 0 Å². The van der Waals surface area contributed by atoms with Crippen LogP contribution in [0.4, 0.5) is 0 Å².